The van der Waals surface area contributed by atoms with Crippen LogP contribution in [-0.2, 0) is 22.5 Å². The second-order valence-corrected chi connectivity index (χ2v) is 6.07. The lowest BCUT2D eigenvalue weighted by atomic mass is 10.0. The van der Waals surface area contributed by atoms with Gasteiger partial charge in [0.2, 0.25) is 0 Å². The molecule has 1 aromatic carbocycles. The van der Waals surface area contributed by atoms with E-state index < -0.39 is 0 Å². The fourth-order valence-corrected chi connectivity index (χ4v) is 2.88. The molecule has 0 saturated heterocycles. The first kappa shape index (κ1) is 17.9. The lowest BCUT2D eigenvalue weighted by Crippen LogP contribution is -2.14. The molecule has 0 aliphatic rings. The van der Waals surface area contributed by atoms with Crippen molar-refractivity contribution in [3.63, 3.8) is 0 Å². The van der Waals surface area contributed by atoms with Crippen molar-refractivity contribution in [2.24, 2.45) is 5.73 Å². The van der Waals surface area contributed by atoms with E-state index in [1.165, 1.54) is 16.5 Å². The van der Waals surface area contributed by atoms with Crippen molar-refractivity contribution in [2.75, 3.05) is 6.61 Å². The molecule has 0 aliphatic carbocycles. The van der Waals surface area contributed by atoms with Crippen LogP contribution in [0.4, 0.5) is 0 Å². The molecule has 0 unspecified atom stereocenters. The lowest BCUT2D eigenvalue weighted by molar-refractivity contribution is -0.143. The van der Waals surface area contributed by atoms with Gasteiger partial charge in [-0.05, 0) is 51.8 Å². The molecule has 2 rings (SSSR count). The molecule has 0 saturated carbocycles. The zero-order valence-electron chi connectivity index (χ0n) is 14.9. The van der Waals surface area contributed by atoms with E-state index >= 15 is 0 Å². The van der Waals surface area contributed by atoms with Crippen LogP contribution in [0.1, 0.15) is 32.0 Å². The summed E-state index contributed by atoms with van der Waals surface area (Å²) in [5.74, 6) is -0.207. The molecule has 2 aromatic rings. The summed E-state index contributed by atoms with van der Waals surface area (Å²) >= 11 is 0. The number of para-hydroxylation sites is 1. The summed E-state index contributed by atoms with van der Waals surface area (Å²) in [7, 11) is 0. The molecule has 0 bridgehead atoms. The van der Waals surface area contributed by atoms with Crippen molar-refractivity contribution < 1.29 is 9.53 Å². The number of rotatable bonds is 6. The zero-order chi connectivity index (χ0) is 17.7. The Morgan fingerprint density at radius 2 is 1.96 bits per heavy atom. The summed E-state index contributed by atoms with van der Waals surface area (Å²) < 4.78 is 7.15. The molecule has 2 N–H and O–H groups in total. The largest absolute Gasteiger partial charge is 0.465 e. The number of esters is 1. The number of aromatic nitrogens is 1. The molecule has 0 fully saturated rings. The molecule has 128 valence electrons. The van der Waals surface area contributed by atoms with Crippen LogP contribution in [0.3, 0.4) is 0 Å². The fourth-order valence-electron chi connectivity index (χ4n) is 2.88. The number of nitrogens with zero attached hydrogens (tertiary/aromatic N) is 1. The number of hydrogen-bond donors (Lipinski definition) is 1. The van der Waals surface area contributed by atoms with Crippen molar-refractivity contribution in [1.29, 1.82) is 0 Å². The van der Waals surface area contributed by atoms with Gasteiger partial charge in [0.15, 0.2) is 0 Å². The highest BCUT2D eigenvalue weighted by Crippen LogP contribution is 2.28. The third-order valence-corrected chi connectivity index (χ3v) is 4.04. The Hall–Kier alpha value is -2.49. The van der Waals surface area contributed by atoms with Crippen LogP contribution >= 0.6 is 0 Å². The van der Waals surface area contributed by atoms with E-state index in [0.717, 1.165) is 23.3 Å². The second kappa shape index (κ2) is 7.86. The summed E-state index contributed by atoms with van der Waals surface area (Å²) in [6.45, 7) is 8.49. The molecule has 0 spiro atoms. The minimum atomic E-state index is -0.207. The Balaban J connectivity index is 2.44. The summed E-state index contributed by atoms with van der Waals surface area (Å²) in [6, 6.07) is 8.18. The van der Waals surface area contributed by atoms with Gasteiger partial charge in [0, 0.05) is 22.3 Å². The molecule has 0 amide bonds. The summed E-state index contributed by atoms with van der Waals surface area (Å²) in [5.41, 5.74) is 11.1. The van der Waals surface area contributed by atoms with Crippen LogP contribution in [0.25, 0.3) is 10.9 Å². The Morgan fingerprint density at radius 1 is 1.25 bits per heavy atom. The summed E-state index contributed by atoms with van der Waals surface area (Å²) in [4.78, 5) is 11.9. The minimum Gasteiger partial charge on any atom is -0.465 e. The smallest absolute Gasteiger partial charge is 0.325 e. The van der Waals surface area contributed by atoms with Crippen LogP contribution in [0.5, 0.6) is 0 Å². The van der Waals surface area contributed by atoms with Crippen molar-refractivity contribution in [3.05, 3.63) is 58.9 Å². The molecule has 0 atom stereocenters. The van der Waals surface area contributed by atoms with Crippen LogP contribution < -0.4 is 5.73 Å². The van der Waals surface area contributed by atoms with E-state index in [1.807, 2.05) is 48.8 Å². The maximum Gasteiger partial charge on any atom is 0.325 e. The minimum absolute atomic E-state index is 0.207. The van der Waals surface area contributed by atoms with E-state index in [4.69, 9.17) is 10.5 Å². The van der Waals surface area contributed by atoms with Gasteiger partial charge in [0.1, 0.15) is 6.54 Å². The van der Waals surface area contributed by atoms with Gasteiger partial charge in [0.05, 0.1) is 6.61 Å². The van der Waals surface area contributed by atoms with Gasteiger partial charge in [-0.3, -0.25) is 4.79 Å². The Labute approximate surface area is 143 Å². The average molecular weight is 326 g/mol. The van der Waals surface area contributed by atoms with Gasteiger partial charge in [-0.2, -0.15) is 0 Å². The molecule has 24 heavy (non-hydrogen) atoms. The molecule has 1 aromatic heterocycles. The third-order valence-electron chi connectivity index (χ3n) is 4.04. The maximum absolute atomic E-state index is 11.9. The molecule has 4 heteroatoms. The summed E-state index contributed by atoms with van der Waals surface area (Å²) in [5, 5.41) is 1.18. The molecule has 1 heterocycles. The van der Waals surface area contributed by atoms with Crippen molar-refractivity contribution in [1.82, 2.24) is 4.57 Å². The topological polar surface area (TPSA) is 57.2 Å². The first-order valence-corrected chi connectivity index (χ1v) is 8.25. The van der Waals surface area contributed by atoms with Crippen molar-refractivity contribution in [2.45, 2.75) is 40.7 Å². The number of nitrogens with two attached hydrogens (primary N) is 1. The van der Waals surface area contributed by atoms with Gasteiger partial charge < -0.3 is 15.0 Å². The van der Waals surface area contributed by atoms with E-state index in [9.17, 15) is 4.79 Å². The Kier molecular flexibility index (Phi) is 5.85. The predicted octanol–water partition coefficient (Wildman–Crippen LogP) is 3.86. The van der Waals surface area contributed by atoms with Crippen LogP contribution in [0.15, 0.2) is 47.7 Å². The zero-order valence-corrected chi connectivity index (χ0v) is 14.9. The van der Waals surface area contributed by atoms with Crippen LogP contribution in [-0.4, -0.2) is 17.1 Å². The highest BCUT2D eigenvalue weighted by molar-refractivity contribution is 5.87. The molecule has 0 radical (unpaired) electrons. The molecule has 4 nitrogen and oxygen atoms in total. The molecule has 0 aliphatic heterocycles. The normalized spacial score (nSPS) is 12.7. The summed E-state index contributed by atoms with van der Waals surface area (Å²) in [6.07, 6.45) is 4.79. The molecular weight excluding hydrogens is 300 g/mol. The van der Waals surface area contributed by atoms with Crippen LogP contribution in [0.2, 0.25) is 0 Å². The van der Waals surface area contributed by atoms with Gasteiger partial charge in [-0.25, -0.2) is 0 Å². The number of benzene rings is 1. The SMILES string of the molecule is CCOC(=O)Cn1c(C)c(C/C(C)=C/C=C(\C)N)c2ccccc21. The standard InChI is InChI=1S/C20H26N2O2/c1-5-24-20(23)13-22-16(4)18(12-14(2)10-11-15(3)21)17-8-6-7-9-19(17)22/h6-11H,5,12-13,21H2,1-4H3/b14-10+,15-11+. The second-order valence-electron chi connectivity index (χ2n) is 6.07. The maximum atomic E-state index is 11.9. The van der Waals surface area contributed by atoms with Gasteiger partial charge in [-0.1, -0.05) is 29.8 Å². The lowest BCUT2D eigenvalue weighted by Gasteiger charge is -2.08. The van der Waals surface area contributed by atoms with Crippen molar-refractivity contribution in [3.8, 4) is 0 Å². The number of fused-ring (bicyclic) bond motifs is 1. The highest BCUT2D eigenvalue weighted by Gasteiger charge is 2.16. The molecular formula is C20H26N2O2. The van der Waals surface area contributed by atoms with E-state index in [2.05, 4.69) is 19.9 Å². The van der Waals surface area contributed by atoms with E-state index in [0.29, 0.717) is 6.61 Å². The first-order chi connectivity index (χ1) is 11.4. The van der Waals surface area contributed by atoms with Crippen molar-refractivity contribution >= 4 is 16.9 Å². The monoisotopic (exact) mass is 326 g/mol. The predicted molar refractivity (Wildman–Crippen MR) is 98.7 cm³/mol. The highest BCUT2D eigenvalue weighted by atomic mass is 16.5. The first-order valence-electron chi connectivity index (χ1n) is 8.25. The Bertz CT molecular complexity index is 793. The van der Waals surface area contributed by atoms with E-state index in [1.54, 1.807) is 0 Å². The van der Waals surface area contributed by atoms with Crippen LogP contribution in [0, 0.1) is 6.92 Å². The van der Waals surface area contributed by atoms with Gasteiger partial charge in [0.25, 0.3) is 0 Å². The number of allylic oxidation sites excluding steroid dienone is 4. The van der Waals surface area contributed by atoms with Gasteiger partial charge >= 0.3 is 5.97 Å². The number of carbonyl (C=O) groups is 1. The average Bonchev–Trinajstić information content (AvgIpc) is 2.79. The Morgan fingerprint density at radius 3 is 2.62 bits per heavy atom. The fraction of sp³-hybridized carbons (Fsp3) is 0.350. The van der Waals surface area contributed by atoms with Gasteiger partial charge in [-0.15, -0.1) is 0 Å². The third kappa shape index (κ3) is 4.07. The number of hydrogen-bond acceptors (Lipinski definition) is 3. The quantitative estimate of drug-likeness (QED) is 0.648. The van der Waals surface area contributed by atoms with E-state index in [-0.39, 0.29) is 12.5 Å². The number of carbonyl (C=O) groups excluding carboxylic acids is 1. The number of ether oxygens (including phenoxy) is 1.